The Hall–Kier alpha value is -3.26. The van der Waals surface area contributed by atoms with Gasteiger partial charge < -0.3 is 19.4 Å². The largest absolute Gasteiger partial charge is 0.493 e. The third-order valence-corrected chi connectivity index (χ3v) is 6.32. The van der Waals surface area contributed by atoms with Crippen LogP contribution < -0.4 is 20.1 Å². The maximum atomic E-state index is 12.7. The number of piperidine rings is 1. The zero-order valence-electron chi connectivity index (χ0n) is 18.2. The van der Waals surface area contributed by atoms with E-state index in [1.165, 1.54) is 0 Å². The van der Waals surface area contributed by atoms with Crippen LogP contribution in [-0.2, 0) is 0 Å². The van der Waals surface area contributed by atoms with Crippen molar-refractivity contribution in [1.82, 2.24) is 19.5 Å². The molecule has 9 heteroatoms. The van der Waals surface area contributed by atoms with E-state index in [1.807, 2.05) is 41.8 Å². The van der Waals surface area contributed by atoms with E-state index in [1.54, 1.807) is 14.2 Å². The molecule has 0 saturated carbocycles. The van der Waals surface area contributed by atoms with Gasteiger partial charge in [0.2, 0.25) is 5.28 Å². The lowest BCUT2D eigenvalue weighted by atomic mass is 10.0. The van der Waals surface area contributed by atoms with Crippen molar-refractivity contribution in [2.24, 2.45) is 0 Å². The van der Waals surface area contributed by atoms with E-state index in [0.29, 0.717) is 17.0 Å². The van der Waals surface area contributed by atoms with Crippen LogP contribution >= 0.6 is 11.6 Å². The van der Waals surface area contributed by atoms with Crippen molar-refractivity contribution in [1.29, 1.82) is 0 Å². The van der Waals surface area contributed by atoms with Gasteiger partial charge in [0.05, 0.1) is 30.8 Å². The molecule has 1 saturated heterocycles. The van der Waals surface area contributed by atoms with Gasteiger partial charge >= 0.3 is 5.69 Å². The fraction of sp³-hybridized carbons (Fsp3) is 0.348. The van der Waals surface area contributed by atoms with Gasteiger partial charge in [-0.15, -0.1) is 0 Å². The number of nitrogens with zero attached hydrogens (tertiary/aromatic N) is 4. The van der Waals surface area contributed by atoms with Gasteiger partial charge in [-0.25, -0.2) is 9.78 Å². The minimum absolute atomic E-state index is 0.0589. The number of nitrogens with one attached hydrogen (secondary N) is 1. The summed E-state index contributed by atoms with van der Waals surface area (Å²) in [5, 5.41) is 1.04. The van der Waals surface area contributed by atoms with Gasteiger partial charge in [0.25, 0.3) is 0 Å². The number of benzene rings is 2. The molecule has 4 aromatic rings. The summed E-state index contributed by atoms with van der Waals surface area (Å²) >= 11 is 6.25. The quantitative estimate of drug-likeness (QED) is 0.468. The summed E-state index contributed by atoms with van der Waals surface area (Å²) < 4.78 is 12.8. The number of fused-ring (bicyclic) bond motifs is 2. The molecule has 2 aromatic heterocycles. The van der Waals surface area contributed by atoms with Crippen molar-refractivity contribution in [3.63, 3.8) is 0 Å². The van der Waals surface area contributed by atoms with Gasteiger partial charge in [-0.3, -0.25) is 4.57 Å². The van der Waals surface area contributed by atoms with Crippen LogP contribution in [0.4, 0.5) is 5.82 Å². The van der Waals surface area contributed by atoms with Crippen molar-refractivity contribution in [2.75, 3.05) is 32.2 Å². The highest BCUT2D eigenvalue weighted by Crippen LogP contribution is 2.37. The number of H-pyrrole nitrogens is 1. The molecule has 0 atom stereocenters. The average molecular weight is 454 g/mol. The van der Waals surface area contributed by atoms with E-state index in [-0.39, 0.29) is 17.0 Å². The minimum atomic E-state index is -0.0589. The second-order valence-corrected chi connectivity index (χ2v) is 8.42. The monoisotopic (exact) mass is 453 g/mol. The van der Waals surface area contributed by atoms with Crippen LogP contribution in [0.3, 0.4) is 0 Å². The number of methoxy groups -OCH3 is 2. The third kappa shape index (κ3) is 3.44. The Kier molecular flexibility index (Phi) is 5.17. The van der Waals surface area contributed by atoms with Crippen molar-refractivity contribution < 1.29 is 9.47 Å². The number of hydrogen-bond donors (Lipinski definition) is 1. The highest BCUT2D eigenvalue weighted by atomic mass is 35.5. The van der Waals surface area contributed by atoms with E-state index >= 15 is 0 Å². The van der Waals surface area contributed by atoms with Crippen molar-refractivity contribution in [3.05, 3.63) is 51.7 Å². The van der Waals surface area contributed by atoms with Crippen LogP contribution in [-0.4, -0.2) is 46.8 Å². The predicted octanol–water partition coefficient (Wildman–Crippen LogP) is 4.09. The summed E-state index contributed by atoms with van der Waals surface area (Å²) in [6.45, 7) is 3.51. The number of imidazole rings is 1. The topological polar surface area (TPSA) is 85.3 Å². The number of hydrogen-bond acceptors (Lipinski definition) is 6. The summed E-state index contributed by atoms with van der Waals surface area (Å²) in [5.74, 6) is 1.97. The molecule has 1 N–H and O–H groups in total. The van der Waals surface area contributed by atoms with Crippen LogP contribution in [0.1, 0.15) is 24.4 Å². The first-order chi connectivity index (χ1) is 15.5. The van der Waals surface area contributed by atoms with Gasteiger partial charge in [0.1, 0.15) is 5.82 Å². The van der Waals surface area contributed by atoms with Crippen LogP contribution in [0.2, 0.25) is 5.28 Å². The average Bonchev–Trinajstić information content (AvgIpc) is 3.12. The molecular formula is C23H24ClN5O3. The number of aryl methyl sites for hydroxylation is 1. The van der Waals surface area contributed by atoms with Gasteiger partial charge in [0, 0.05) is 30.6 Å². The summed E-state index contributed by atoms with van der Waals surface area (Å²) in [6, 6.07) is 9.89. The van der Waals surface area contributed by atoms with E-state index in [2.05, 4.69) is 19.9 Å². The number of anilines is 1. The first-order valence-electron chi connectivity index (χ1n) is 10.5. The van der Waals surface area contributed by atoms with Gasteiger partial charge in [-0.1, -0.05) is 6.07 Å². The molecule has 0 unspecified atom stereocenters. The molecule has 0 aliphatic carbocycles. The highest BCUT2D eigenvalue weighted by Gasteiger charge is 2.26. The number of aromatic nitrogens is 4. The summed E-state index contributed by atoms with van der Waals surface area (Å²) in [7, 11) is 3.19. The van der Waals surface area contributed by atoms with Crippen molar-refractivity contribution in [2.45, 2.75) is 25.8 Å². The smallest absolute Gasteiger partial charge is 0.326 e. The van der Waals surface area contributed by atoms with E-state index in [4.69, 9.17) is 21.1 Å². The maximum absolute atomic E-state index is 12.7. The number of halogens is 1. The van der Waals surface area contributed by atoms with Gasteiger partial charge in [-0.05, 0) is 55.1 Å². The molecule has 8 nitrogen and oxygen atoms in total. The van der Waals surface area contributed by atoms with Crippen molar-refractivity contribution in [3.8, 4) is 11.5 Å². The molecule has 0 spiro atoms. The van der Waals surface area contributed by atoms with Crippen LogP contribution in [0.25, 0.3) is 21.9 Å². The lowest BCUT2D eigenvalue weighted by molar-refractivity contribution is 0.355. The zero-order valence-corrected chi connectivity index (χ0v) is 18.9. The molecule has 32 heavy (non-hydrogen) atoms. The number of ether oxygens (including phenoxy) is 2. The molecule has 1 fully saturated rings. The predicted molar refractivity (Wildman–Crippen MR) is 125 cm³/mol. The van der Waals surface area contributed by atoms with Gasteiger partial charge in [0.15, 0.2) is 11.5 Å². The molecular weight excluding hydrogens is 430 g/mol. The molecule has 166 valence electrons. The molecule has 5 rings (SSSR count). The molecule has 1 aliphatic rings. The van der Waals surface area contributed by atoms with Crippen molar-refractivity contribution >= 4 is 39.4 Å². The number of rotatable bonds is 4. The fourth-order valence-corrected chi connectivity index (χ4v) is 4.77. The Balaban J connectivity index is 1.47. The lowest BCUT2D eigenvalue weighted by Gasteiger charge is -2.34. The highest BCUT2D eigenvalue weighted by molar-refractivity contribution is 6.28. The Morgan fingerprint density at radius 1 is 1.06 bits per heavy atom. The Morgan fingerprint density at radius 3 is 2.50 bits per heavy atom. The molecule has 0 amide bonds. The van der Waals surface area contributed by atoms with Crippen LogP contribution in [0, 0.1) is 6.92 Å². The minimum Gasteiger partial charge on any atom is -0.493 e. The first kappa shape index (κ1) is 20.6. The van der Waals surface area contributed by atoms with E-state index in [0.717, 1.165) is 53.7 Å². The lowest BCUT2D eigenvalue weighted by Crippen LogP contribution is -2.37. The molecule has 1 aliphatic heterocycles. The second kappa shape index (κ2) is 8.02. The zero-order chi connectivity index (χ0) is 22.4. The van der Waals surface area contributed by atoms with Crippen LogP contribution in [0.15, 0.2) is 35.1 Å². The van der Waals surface area contributed by atoms with E-state index in [9.17, 15) is 4.79 Å². The summed E-state index contributed by atoms with van der Waals surface area (Å²) in [6.07, 6.45) is 1.63. The SMILES string of the molecule is COc1cc2nc(Cl)nc(N3CCC(n4c(=O)[nH]c5cc(C)ccc54)CC3)c2cc1OC. The Labute approximate surface area is 189 Å². The Bertz CT molecular complexity index is 1370. The molecule has 0 bridgehead atoms. The molecule has 0 radical (unpaired) electrons. The Morgan fingerprint density at radius 2 is 1.78 bits per heavy atom. The normalized spacial score (nSPS) is 14.9. The second-order valence-electron chi connectivity index (χ2n) is 8.08. The fourth-order valence-electron chi connectivity index (χ4n) is 4.60. The number of aromatic amines is 1. The maximum Gasteiger partial charge on any atom is 0.326 e. The first-order valence-corrected chi connectivity index (χ1v) is 10.9. The molecule has 2 aromatic carbocycles. The molecule has 3 heterocycles. The summed E-state index contributed by atoms with van der Waals surface area (Å²) in [5.41, 5.74) is 3.60. The standard InChI is InChI=1S/C23H24ClN5O3/c1-13-4-5-18-17(10-13)26-23(30)29(18)14-6-8-28(9-7-14)21-15-11-19(31-2)20(32-3)12-16(15)25-22(24)27-21/h4-5,10-12,14H,6-9H2,1-3H3,(H,26,30). The van der Waals surface area contributed by atoms with Crippen LogP contribution in [0.5, 0.6) is 11.5 Å². The third-order valence-electron chi connectivity index (χ3n) is 6.15. The van der Waals surface area contributed by atoms with E-state index < -0.39 is 0 Å². The van der Waals surface area contributed by atoms with Gasteiger partial charge in [-0.2, -0.15) is 4.98 Å². The summed E-state index contributed by atoms with van der Waals surface area (Å²) in [4.78, 5) is 26.8.